The van der Waals surface area contributed by atoms with Crippen LogP contribution in [0.1, 0.15) is 33.9 Å². The van der Waals surface area contributed by atoms with E-state index in [9.17, 15) is 5.11 Å². The molecule has 0 radical (unpaired) electrons. The fourth-order valence-corrected chi connectivity index (χ4v) is 2.30. The van der Waals surface area contributed by atoms with Crippen molar-refractivity contribution >= 4 is 0 Å². The van der Waals surface area contributed by atoms with Crippen molar-refractivity contribution in [3.05, 3.63) is 58.4 Å². The van der Waals surface area contributed by atoms with E-state index in [0.29, 0.717) is 0 Å². The first kappa shape index (κ1) is 11.0. The largest absolute Gasteiger partial charge is 0.384 e. The molecule has 2 aromatic rings. The van der Waals surface area contributed by atoms with E-state index in [1.54, 1.807) is 0 Å². The molecule has 0 fully saturated rings. The van der Waals surface area contributed by atoms with Gasteiger partial charge in [0.25, 0.3) is 0 Å². The van der Waals surface area contributed by atoms with Crippen molar-refractivity contribution in [2.75, 3.05) is 0 Å². The highest BCUT2D eigenvalue weighted by Crippen LogP contribution is 2.28. The molecule has 0 aliphatic heterocycles. The van der Waals surface area contributed by atoms with Gasteiger partial charge in [0, 0.05) is 18.0 Å². The number of aryl methyl sites for hydroxylation is 3. The Morgan fingerprint density at radius 3 is 2.25 bits per heavy atom. The molecule has 0 saturated carbocycles. The monoisotopic (exact) mass is 215 g/mol. The lowest BCUT2D eigenvalue weighted by atomic mass is 9.93. The molecule has 84 valence electrons. The van der Waals surface area contributed by atoms with Crippen LogP contribution in [0.3, 0.4) is 0 Å². The number of nitrogens with one attached hydrogen (secondary N) is 1. The zero-order valence-corrected chi connectivity index (χ0v) is 9.91. The zero-order chi connectivity index (χ0) is 11.7. The molecule has 0 amide bonds. The number of aromatic amines is 1. The summed E-state index contributed by atoms with van der Waals surface area (Å²) < 4.78 is 0. The Balaban J connectivity index is 2.48. The third-order valence-electron chi connectivity index (χ3n) is 2.95. The Labute approximate surface area is 96.0 Å². The van der Waals surface area contributed by atoms with Crippen LogP contribution in [0.2, 0.25) is 0 Å². The number of aliphatic hydroxyl groups is 1. The summed E-state index contributed by atoms with van der Waals surface area (Å²) in [6.07, 6.45) is 3.13. The number of hydrogen-bond donors (Lipinski definition) is 2. The lowest BCUT2D eigenvalue weighted by Gasteiger charge is -2.16. The first-order chi connectivity index (χ1) is 7.59. The molecule has 1 aromatic heterocycles. The average Bonchev–Trinajstić information content (AvgIpc) is 2.67. The van der Waals surface area contributed by atoms with E-state index in [4.69, 9.17) is 0 Å². The molecule has 2 nitrogen and oxygen atoms in total. The molecule has 0 spiro atoms. The number of rotatable bonds is 2. The summed E-state index contributed by atoms with van der Waals surface area (Å²) in [6, 6.07) is 6.12. The quantitative estimate of drug-likeness (QED) is 0.793. The van der Waals surface area contributed by atoms with Crippen LogP contribution >= 0.6 is 0 Å². The summed E-state index contributed by atoms with van der Waals surface area (Å²) >= 11 is 0. The maximum atomic E-state index is 10.3. The highest BCUT2D eigenvalue weighted by molar-refractivity contribution is 5.42. The van der Waals surface area contributed by atoms with Gasteiger partial charge in [0.15, 0.2) is 0 Å². The zero-order valence-electron chi connectivity index (χ0n) is 9.91. The first-order valence-electron chi connectivity index (χ1n) is 5.48. The standard InChI is InChI=1S/C14H17NO/c1-9-6-10(2)13(11(3)7-9)14(16)12-4-5-15-8-12/h4-8,14-16H,1-3H3. The smallest absolute Gasteiger partial charge is 0.106 e. The van der Waals surface area contributed by atoms with E-state index in [2.05, 4.69) is 24.0 Å². The summed E-state index contributed by atoms with van der Waals surface area (Å²) in [6.45, 7) is 6.17. The van der Waals surface area contributed by atoms with Crippen LogP contribution in [0, 0.1) is 20.8 Å². The molecule has 2 N–H and O–H groups in total. The summed E-state index contributed by atoms with van der Waals surface area (Å²) in [7, 11) is 0. The topological polar surface area (TPSA) is 36.0 Å². The second-order valence-corrected chi connectivity index (χ2v) is 4.36. The molecule has 1 heterocycles. The van der Waals surface area contributed by atoms with E-state index < -0.39 is 6.10 Å². The Bertz CT molecular complexity index is 462. The number of hydrogen-bond acceptors (Lipinski definition) is 1. The van der Waals surface area contributed by atoms with Gasteiger partial charge in [-0.25, -0.2) is 0 Å². The Kier molecular flexibility index (Phi) is 2.84. The summed E-state index contributed by atoms with van der Waals surface area (Å²) in [5.41, 5.74) is 5.46. The van der Waals surface area contributed by atoms with Crippen LogP contribution in [-0.2, 0) is 0 Å². The molecule has 2 heteroatoms. The fourth-order valence-electron chi connectivity index (χ4n) is 2.30. The molecule has 0 aliphatic carbocycles. The fraction of sp³-hybridized carbons (Fsp3) is 0.286. The molecule has 0 bridgehead atoms. The van der Waals surface area contributed by atoms with Crippen molar-refractivity contribution in [3.63, 3.8) is 0 Å². The minimum atomic E-state index is -0.535. The van der Waals surface area contributed by atoms with Gasteiger partial charge in [-0.2, -0.15) is 0 Å². The minimum Gasteiger partial charge on any atom is -0.384 e. The lowest BCUT2D eigenvalue weighted by Crippen LogP contribution is -2.04. The highest BCUT2D eigenvalue weighted by atomic mass is 16.3. The van der Waals surface area contributed by atoms with E-state index in [1.807, 2.05) is 32.3 Å². The maximum absolute atomic E-state index is 10.3. The van der Waals surface area contributed by atoms with Crippen LogP contribution in [-0.4, -0.2) is 10.1 Å². The second kappa shape index (κ2) is 4.14. The van der Waals surface area contributed by atoms with Crippen molar-refractivity contribution in [1.82, 2.24) is 4.98 Å². The van der Waals surface area contributed by atoms with Crippen LogP contribution < -0.4 is 0 Å². The molecular weight excluding hydrogens is 198 g/mol. The van der Waals surface area contributed by atoms with Gasteiger partial charge >= 0.3 is 0 Å². The van der Waals surface area contributed by atoms with Crippen LogP contribution in [0.5, 0.6) is 0 Å². The predicted octanol–water partition coefficient (Wildman–Crippen LogP) is 3.02. The third kappa shape index (κ3) is 1.89. The van der Waals surface area contributed by atoms with Gasteiger partial charge in [-0.05, 0) is 43.5 Å². The number of benzene rings is 1. The van der Waals surface area contributed by atoms with Crippen molar-refractivity contribution in [3.8, 4) is 0 Å². The van der Waals surface area contributed by atoms with E-state index in [1.165, 1.54) is 5.56 Å². The summed E-state index contributed by atoms with van der Waals surface area (Å²) in [5.74, 6) is 0. The van der Waals surface area contributed by atoms with Gasteiger partial charge < -0.3 is 10.1 Å². The van der Waals surface area contributed by atoms with Crippen molar-refractivity contribution < 1.29 is 5.11 Å². The summed E-state index contributed by atoms with van der Waals surface area (Å²) in [4.78, 5) is 2.97. The van der Waals surface area contributed by atoms with Crippen LogP contribution in [0.15, 0.2) is 30.6 Å². The number of aliphatic hydroxyl groups excluding tert-OH is 1. The van der Waals surface area contributed by atoms with Gasteiger partial charge in [0.1, 0.15) is 6.10 Å². The Morgan fingerprint density at radius 2 is 1.75 bits per heavy atom. The number of H-pyrrole nitrogens is 1. The maximum Gasteiger partial charge on any atom is 0.106 e. The molecular formula is C14H17NO. The minimum absolute atomic E-state index is 0.535. The molecule has 0 saturated heterocycles. The Hall–Kier alpha value is -1.54. The van der Waals surface area contributed by atoms with Gasteiger partial charge in [-0.3, -0.25) is 0 Å². The predicted molar refractivity (Wildman–Crippen MR) is 65.5 cm³/mol. The average molecular weight is 215 g/mol. The second-order valence-electron chi connectivity index (χ2n) is 4.36. The third-order valence-corrected chi connectivity index (χ3v) is 2.95. The molecule has 2 rings (SSSR count). The molecule has 0 aliphatic rings. The van der Waals surface area contributed by atoms with E-state index in [-0.39, 0.29) is 0 Å². The van der Waals surface area contributed by atoms with Gasteiger partial charge in [0.2, 0.25) is 0 Å². The molecule has 1 atom stereocenters. The van der Waals surface area contributed by atoms with Crippen LogP contribution in [0.4, 0.5) is 0 Å². The number of aromatic nitrogens is 1. The van der Waals surface area contributed by atoms with Crippen LogP contribution in [0.25, 0.3) is 0 Å². The normalized spacial score (nSPS) is 12.8. The van der Waals surface area contributed by atoms with Crippen molar-refractivity contribution in [2.24, 2.45) is 0 Å². The van der Waals surface area contributed by atoms with E-state index in [0.717, 1.165) is 22.3 Å². The molecule has 1 unspecified atom stereocenters. The van der Waals surface area contributed by atoms with Gasteiger partial charge in [0.05, 0.1) is 0 Å². The molecule has 16 heavy (non-hydrogen) atoms. The first-order valence-corrected chi connectivity index (χ1v) is 5.48. The van der Waals surface area contributed by atoms with Crippen molar-refractivity contribution in [1.29, 1.82) is 0 Å². The highest BCUT2D eigenvalue weighted by Gasteiger charge is 2.15. The lowest BCUT2D eigenvalue weighted by molar-refractivity contribution is 0.219. The SMILES string of the molecule is Cc1cc(C)c(C(O)c2cc[nH]c2)c(C)c1. The molecule has 1 aromatic carbocycles. The van der Waals surface area contributed by atoms with Gasteiger partial charge in [-0.1, -0.05) is 17.7 Å². The van der Waals surface area contributed by atoms with E-state index >= 15 is 0 Å². The van der Waals surface area contributed by atoms with Crippen molar-refractivity contribution in [2.45, 2.75) is 26.9 Å². The summed E-state index contributed by atoms with van der Waals surface area (Å²) in [5, 5.41) is 10.3. The Morgan fingerprint density at radius 1 is 1.12 bits per heavy atom. The van der Waals surface area contributed by atoms with Gasteiger partial charge in [-0.15, -0.1) is 0 Å².